The summed E-state index contributed by atoms with van der Waals surface area (Å²) in [6.45, 7) is 1.51. The highest BCUT2D eigenvalue weighted by Crippen LogP contribution is 2.37. The zero-order valence-corrected chi connectivity index (χ0v) is 20.2. The zero-order chi connectivity index (χ0) is 24.1. The number of amides is 1. The molecule has 1 amide bonds. The first kappa shape index (κ1) is 24.4. The first-order valence-electron chi connectivity index (χ1n) is 11.6. The van der Waals surface area contributed by atoms with Crippen LogP contribution in [0.4, 0.5) is 0 Å². The number of carbonyl (C=O) groups excluding carboxylic acids is 1. The molecule has 0 bridgehead atoms. The summed E-state index contributed by atoms with van der Waals surface area (Å²) in [5, 5.41) is 1.07. The number of hydrogen-bond donors (Lipinski definition) is 3. The van der Waals surface area contributed by atoms with Crippen LogP contribution in [0.15, 0.2) is 48.7 Å². The first-order valence-corrected chi connectivity index (χ1v) is 13.2. The van der Waals surface area contributed by atoms with E-state index in [0.29, 0.717) is 26.1 Å². The molecule has 1 aromatic heterocycles. The van der Waals surface area contributed by atoms with Gasteiger partial charge in [-0.1, -0.05) is 30.3 Å². The SMILES string of the molecule is CONCCCS(=O)(=O)N1CCC(c2c[nH]c3c(CC(N)=O)cc(-c4ccccc4)cc23)CC1. The minimum atomic E-state index is -3.28. The second kappa shape index (κ2) is 10.7. The summed E-state index contributed by atoms with van der Waals surface area (Å²) < 4.78 is 27.0. The fourth-order valence-electron chi connectivity index (χ4n) is 4.79. The molecule has 9 heteroatoms. The van der Waals surface area contributed by atoms with Gasteiger partial charge in [0, 0.05) is 36.7 Å². The molecule has 3 aromatic rings. The third-order valence-electron chi connectivity index (χ3n) is 6.49. The van der Waals surface area contributed by atoms with E-state index in [-0.39, 0.29) is 24.0 Å². The molecule has 0 spiro atoms. The van der Waals surface area contributed by atoms with Crippen LogP contribution in [0.5, 0.6) is 0 Å². The largest absolute Gasteiger partial charge is 0.369 e. The van der Waals surface area contributed by atoms with Crippen LogP contribution in [0, 0.1) is 0 Å². The molecule has 1 aliphatic heterocycles. The molecule has 1 saturated heterocycles. The van der Waals surface area contributed by atoms with Crippen LogP contribution < -0.4 is 11.2 Å². The lowest BCUT2D eigenvalue weighted by molar-refractivity contribution is -0.117. The van der Waals surface area contributed by atoms with Gasteiger partial charge in [-0.25, -0.2) is 18.2 Å². The fourth-order valence-corrected chi connectivity index (χ4v) is 6.33. The molecule has 4 N–H and O–H groups in total. The lowest BCUT2D eigenvalue weighted by Gasteiger charge is -2.31. The molecule has 2 heterocycles. The number of nitrogens with one attached hydrogen (secondary N) is 2. The van der Waals surface area contributed by atoms with Gasteiger partial charge in [0.25, 0.3) is 0 Å². The molecular formula is C25H32N4O4S. The first-order chi connectivity index (χ1) is 16.4. The number of hydrogen-bond acceptors (Lipinski definition) is 5. The monoisotopic (exact) mass is 484 g/mol. The number of piperidine rings is 1. The van der Waals surface area contributed by atoms with Crippen LogP contribution in [0.1, 0.15) is 36.3 Å². The van der Waals surface area contributed by atoms with Crippen LogP contribution in [-0.4, -0.2) is 56.1 Å². The molecule has 4 rings (SSSR count). The summed E-state index contributed by atoms with van der Waals surface area (Å²) in [7, 11) is -1.77. The van der Waals surface area contributed by atoms with Gasteiger partial charge in [0.15, 0.2) is 0 Å². The van der Waals surface area contributed by atoms with Crippen LogP contribution in [-0.2, 0) is 26.1 Å². The second-order valence-corrected chi connectivity index (χ2v) is 10.8. The molecule has 182 valence electrons. The number of hydroxylamine groups is 1. The van der Waals surface area contributed by atoms with Crippen molar-refractivity contribution in [2.75, 3.05) is 32.5 Å². The molecule has 1 fully saturated rings. The van der Waals surface area contributed by atoms with Crippen molar-refractivity contribution in [1.82, 2.24) is 14.8 Å². The highest BCUT2D eigenvalue weighted by atomic mass is 32.2. The molecule has 0 saturated carbocycles. The van der Waals surface area contributed by atoms with Gasteiger partial charge in [0.2, 0.25) is 15.9 Å². The average molecular weight is 485 g/mol. The summed E-state index contributed by atoms with van der Waals surface area (Å²) in [6.07, 6.45) is 4.18. The third-order valence-corrected chi connectivity index (χ3v) is 8.44. The molecule has 8 nitrogen and oxygen atoms in total. The number of carbonyl (C=O) groups is 1. The Balaban J connectivity index is 1.56. The molecule has 0 aliphatic carbocycles. The van der Waals surface area contributed by atoms with Crippen molar-refractivity contribution in [2.45, 2.75) is 31.6 Å². The minimum absolute atomic E-state index is 0.109. The van der Waals surface area contributed by atoms with E-state index in [0.717, 1.165) is 40.4 Å². The number of rotatable bonds is 10. The Morgan fingerprint density at radius 2 is 1.91 bits per heavy atom. The molecule has 0 atom stereocenters. The Morgan fingerprint density at radius 3 is 2.59 bits per heavy atom. The summed E-state index contributed by atoms with van der Waals surface area (Å²) in [4.78, 5) is 19.9. The molecular weight excluding hydrogens is 452 g/mol. The van der Waals surface area contributed by atoms with E-state index in [4.69, 9.17) is 10.6 Å². The van der Waals surface area contributed by atoms with Crippen LogP contribution in [0.25, 0.3) is 22.0 Å². The number of primary amides is 1. The van der Waals surface area contributed by atoms with E-state index >= 15 is 0 Å². The average Bonchev–Trinajstić information content (AvgIpc) is 3.26. The molecule has 0 radical (unpaired) electrons. The highest BCUT2D eigenvalue weighted by Gasteiger charge is 2.29. The number of nitrogens with two attached hydrogens (primary N) is 1. The lowest BCUT2D eigenvalue weighted by atomic mass is 9.88. The number of H-pyrrole nitrogens is 1. The van der Waals surface area contributed by atoms with Gasteiger partial charge >= 0.3 is 0 Å². The Kier molecular flexibility index (Phi) is 7.67. The molecule has 34 heavy (non-hydrogen) atoms. The van der Waals surface area contributed by atoms with E-state index in [2.05, 4.69) is 16.5 Å². The number of sulfonamides is 1. The predicted octanol–water partition coefficient (Wildman–Crippen LogP) is 2.91. The maximum atomic E-state index is 12.7. The highest BCUT2D eigenvalue weighted by molar-refractivity contribution is 7.89. The standard InChI is InChI=1S/C25H32N4O4S/c1-33-28-10-5-13-34(31,32)29-11-8-19(9-12-29)23-17-27-25-21(16-24(26)30)14-20(15-22(23)25)18-6-3-2-4-7-18/h2-4,6-7,14-15,17,19,27-28H,5,8-13,16H2,1H3,(H2,26,30). The third kappa shape index (κ3) is 5.50. The van der Waals surface area contributed by atoms with E-state index < -0.39 is 10.0 Å². The molecule has 0 unspecified atom stereocenters. The Morgan fingerprint density at radius 1 is 1.18 bits per heavy atom. The van der Waals surface area contributed by atoms with Gasteiger partial charge in [0.1, 0.15) is 0 Å². The number of benzene rings is 2. The Bertz CT molecular complexity index is 1230. The lowest BCUT2D eigenvalue weighted by Crippen LogP contribution is -2.39. The topological polar surface area (TPSA) is 118 Å². The maximum absolute atomic E-state index is 12.7. The normalized spacial score (nSPS) is 15.7. The van der Waals surface area contributed by atoms with Crippen molar-refractivity contribution in [3.8, 4) is 11.1 Å². The Labute approximate surface area is 200 Å². The van der Waals surface area contributed by atoms with Crippen LogP contribution in [0.2, 0.25) is 0 Å². The van der Waals surface area contributed by atoms with E-state index in [1.165, 1.54) is 12.7 Å². The molecule has 1 aliphatic rings. The minimum Gasteiger partial charge on any atom is -0.369 e. The van der Waals surface area contributed by atoms with E-state index in [9.17, 15) is 13.2 Å². The number of nitrogens with zero attached hydrogens (tertiary/aromatic N) is 1. The van der Waals surface area contributed by atoms with Crippen molar-refractivity contribution < 1.29 is 18.0 Å². The fraction of sp³-hybridized carbons (Fsp3) is 0.400. The summed E-state index contributed by atoms with van der Waals surface area (Å²) in [5.41, 5.74) is 13.3. The van der Waals surface area contributed by atoms with Gasteiger partial charge in [-0.15, -0.1) is 0 Å². The zero-order valence-electron chi connectivity index (χ0n) is 19.4. The molecule has 2 aromatic carbocycles. The summed E-state index contributed by atoms with van der Waals surface area (Å²) in [5.74, 6) is -0.0254. The number of aromatic nitrogens is 1. The van der Waals surface area contributed by atoms with Gasteiger partial charge in [-0.05, 0) is 59.6 Å². The van der Waals surface area contributed by atoms with Crippen molar-refractivity contribution in [3.63, 3.8) is 0 Å². The van der Waals surface area contributed by atoms with Crippen molar-refractivity contribution in [3.05, 3.63) is 59.8 Å². The quantitative estimate of drug-likeness (QED) is 0.302. The van der Waals surface area contributed by atoms with Crippen molar-refractivity contribution in [1.29, 1.82) is 0 Å². The summed E-state index contributed by atoms with van der Waals surface area (Å²) >= 11 is 0. The van der Waals surface area contributed by atoms with Gasteiger partial charge in [-0.3, -0.25) is 4.79 Å². The van der Waals surface area contributed by atoms with Gasteiger partial charge < -0.3 is 15.6 Å². The van der Waals surface area contributed by atoms with Gasteiger partial charge in [0.05, 0.1) is 19.3 Å². The summed E-state index contributed by atoms with van der Waals surface area (Å²) in [6, 6.07) is 14.2. The van der Waals surface area contributed by atoms with E-state index in [1.807, 2.05) is 42.6 Å². The smallest absolute Gasteiger partial charge is 0.221 e. The van der Waals surface area contributed by atoms with Crippen molar-refractivity contribution in [2.24, 2.45) is 5.73 Å². The van der Waals surface area contributed by atoms with Gasteiger partial charge in [-0.2, -0.15) is 0 Å². The van der Waals surface area contributed by atoms with E-state index in [1.54, 1.807) is 4.31 Å². The predicted molar refractivity (Wildman–Crippen MR) is 134 cm³/mol. The number of fused-ring (bicyclic) bond motifs is 1. The maximum Gasteiger partial charge on any atom is 0.221 e. The van der Waals surface area contributed by atoms with Crippen molar-refractivity contribution >= 4 is 26.8 Å². The van der Waals surface area contributed by atoms with Crippen LogP contribution in [0.3, 0.4) is 0 Å². The second-order valence-electron chi connectivity index (χ2n) is 8.75. The van der Waals surface area contributed by atoms with Crippen LogP contribution >= 0.6 is 0 Å². The Hall–Kier alpha value is -2.72. The number of aromatic amines is 1.